The van der Waals surface area contributed by atoms with Gasteiger partial charge in [0, 0.05) is 32.9 Å². The minimum Gasteiger partial charge on any atom is -0.309 e. The van der Waals surface area contributed by atoms with Gasteiger partial charge in [0.05, 0.1) is 22.1 Å². The smallest absolute Gasteiger partial charge is 0.0541 e. The minimum absolute atomic E-state index is 1.15. The molecule has 64 heavy (non-hydrogen) atoms. The van der Waals surface area contributed by atoms with E-state index in [-0.39, 0.29) is 0 Å². The van der Waals surface area contributed by atoms with Gasteiger partial charge in [0.1, 0.15) is 0 Å². The van der Waals surface area contributed by atoms with E-state index in [1.54, 1.807) is 0 Å². The van der Waals surface area contributed by atoms with Crippen LogP contribution in [0.1, 0.15) is 13.8 Å². The van der Waals surface area contributed by atoms with E-state index in [0.29, 0.717) is 0 Å². The van der Waals surface area contributed by atoms with E-state index in [2.05, 4.69) is 240 Å². The van der Waals surface area contributed by atoms with Crippen LogP contribution in [0.2, 0.25) is 0 Å². The average molecular weight is 817 g/mol. The third kappa shape index (κ3) is 5.95. The number of hydrogen-bond donors (Lipinski definition) is 0. The molecule has 0 amide bonds. The zero-order valence-electron chi connectivity index (χ0n) is 35.8. The van der Waals surface area contributed by atoms with E-state index >= 15 is 0 Å². The molecule has 11 aromatic carbocycles. The summed E-state index contributed by atoms with van der Waals surface area (Å²) in [6.07, 6.45) is 0. The van der Waals surface area contributed by atoms with Crippen LogP contribution in [0, 0.1) is 0 Å². The summed E-state index contributed by atoms with van der Waals surface area (Å²) in [4.78, 5) is 0. The molecule has 0 unspecified atom stereocenters. The van der Waals surface area contributed by atoms with Crippen LogP contribution < -0.4 is 0 Å². The van der Waals surface area contributed by atoms with Gasteiger partial charge in [-0.2, -0.15) is 0 Å². The maximum Gasteiger partial charge on any atom is 0.0541 e. The molecule has 0 N–H and O–H groups in total. The zero-order valence-corrected chi connectivity index (χ0v) is 35.8. The van der Waals surface area contributed by atoms with Crippen molar-refractivity contribution in [2.75, 3.05) is 0 Å². The Kier molecular flexibility index (Phi) is 8.98. The third-order valence-electron chi connectivity index (χ3n) is 13.1. The Hall–Kier alpha value is -8.20. The van der Waals surface area contributed by atoms with Crippen molar-refractivity contribution < 1.29 is 0 Å². The van der Waals surface area contributed by atoms with E-state index in [4.69, 9.17) is 0 Å². The fourth-order valence-electron chi connectivity index (χ4n) is 10.2. The van der Waals surface area contributed by atoms with E-state index in [0.717, 1.165) is 5.69 Å². The molecule has 302 valence electrons. The van der Waals surface area contributed by atoms with E-state index < -0.39 is 0 Å². The molecule has 0 aliphatic rings. The maximum atomic E-state index is 2.41. The first-order valence-electron chi connectivity index (χ1n) is 22.4. The monoisotopic (exact) mass is 816 g/mol. The molecule has 0 fully saturated rings. The second-order valence-electron chi connectivity index (χ2n) is 16.5. The standard InChI is InChI=1S/C60H38N2.C2H6/c1-2-12-45(13-3-1)61-57-20-10-8-18-52(57)55-37-43(29-34-59(55)61)39-22-24-40(25-23-39)44-30-35-60-56(38-44)53-19-9-11-21-58(53)62(60)46-31-26-41(27-32-46)42-28-33-51-49-16-5-4-14-47(49)48-15-6-7-17-50(48)54(51)36-42;1-2/h1-38H;1-2H3. The topological polar surface area (TPSA) is 9.86 Å². The fourth-order valence-corrected chi connectivity index (χ4v) is 10.2. The first-order valence-corrected chi connectivity index (χ1v) is 22.4. The Labute approximate surface area is 372 Å². The van der Waals surface area contributed by atoms with Gasteiger partial charge in [-0.3, -0.25) is 0 Å². The summed E-state index contributed by atoms with van der Waals surface area (Å²) in [6, 6.07) is 84.7. The van der Waals surface area contributed by atoms with Gasteiger partial charge in [-0.05, 0) is 132 Å². The van der Waals surface area contributed by atoms with Gasteiger partial charge in [-0.1, -0.05) is 178 Å². The van der Waals surface area contributed by atoms with Crippen molar-refractivity contribution in [2.45, 2.75) is 13.8 Å². The van der Waals surface area contributed by atoms with E-state index in [9.17, 15) is 0 Å². The van der Waals surface area contributed by atoms with Gasteiger partial charge in [0.15, 0.2) is 0 Å². The maximum absolute atomic E-state index is 2.41. The van der Waals surface area contributed by atoms with Gasteiger partial charge in [-0.15, -0.1) is 0 Å². The average Bonchev–Trinajstić information content (AvgIpc) is 3.89. The minimum atomic E-state index is 1.15. The van der Waals surface area contributed by atoms with Crippen molar-refractivity contribution >= 4 is 75.9 Å². The molecule has 13 rings (SSSR count). The normalized spacial score (nSPS) is 11.6. The molecule has 2 heteroatoms. The Morgan fingerprint density at radius 1 is 0.203 bits per heavy atom. The molecule has 0 bridgehead atoms. The molecule has 0 saturated heterocycles. The van der Waals surface area contributed by atoms with Gasteiger partial charge in [0.2, 0.25) is 0 Å². The molecule has 13 aromatic rings. The highest BCUT2D eigenvalue weighted by atomic mass is 15.0. The van der Waals surface area contributed by atoms with Crippen LogP contribution in [0.5, 0.6) is 0 Å². The Morgan fingerprint density at radius 2 is 0.500 bits per heavy atom. The van der Waals surface area contributed by atoms with Crippen LogP contribution in [-0.4, -0.2) is 9.13 Å². The highest BCUT2D eigenvalue weighted by molar-refractivity contribution is 6.25. The fraction of sp³-hybridized carbons (Fsp3) is 0.0323. The number of fused-ring (bicyclic) bond motifs is 12. The summed E-state index contributed by atoms with van der Waals surface area (Å²) < 4.78 is 4.78. The van der Waals surface area contributed by atoms with Crippen molar-refractivity contribution in [2.24, 2.45) is 0 Å². The second-order valence-corrected chi connectivity index (χ2v) is 16.5. The van der Waals surface area contributed by atoms with Crippen LogP contribution in [0.15, 0.2) is 231 Å². The van der Waals surface area contributed by atoms with Gasteiger partial charge in [0.25, 0.3) is 0 Å². The lowest BCUT2D eigenvalue weighted by Crippen LogP contribution is -1.93. The summed E-state index contributed by atoms with van der Waals surface area (Å²) in [5.41, 5.74) is 14.4. The second kappa shape index (κ2) is 15.3. The molecule has 2 nitrogen and oxygen atoms in total. The van der Waals surface area contributed by atoms with Crippen molar-refractivity contribution in [1.82, 2.24) is 9.13 Å². The van der Waals surface area contributed by atoms with Gasteiger partial charge in [-0.25, -0.2) is 0 Å². The first-order chi connectivity index (χ1) is 31.7. The van der Waals surface area contributed by atoms with Crippen LogP contribution >= 0.6 is 0 Å². The quantitative estimate of drug-likeness (QED) is 0.153. The summed E-state index contributed by atoms with van der Waals surface area (Å²) >= 11 is 0. The number of nitrogens with zero attached hydrogens (tertiary/aromatic N) is 2. The summed E-state index contributed by atoms with van der Waals surface area (Å²) in [6.45, 7) is 4.00. The van der Waals surface area contributed by atoms with Crippen molar-refractivity contribution in [3.05, 3.63) is 231 Å². The molecule has 0 aliphatic carbocycles. The Morgan fingerprint density at radius 3 is 0.969 bits per heavy atom. The number of benzene rings is 11. The summed E-state index contributed by atoms with van der Waals surface area (Å²) in [5.74, 6) is 0. The SMILES string of the molecule is CC.c1ccc(-n2c3ccccc3c3cc(-c4ccc(-c5ccc6c(c5)c5ccccc5n6-c5ccc(-c6ccc7c8ccccc8c8ccccc8c7c6)cc5)cc4)ccc32)cc1. The highest BCUT2D eigenvalue weighted by Crippen LogP contribution is 2.40. The van der Waals surface area contributed by atoms with Crippen molar-refractivity contribution in [3.63, 3.8) is 0 Å². The van der Waals surface area contributed by atoms with E-state index in [1.807, 2.05) is 13.8 Å². The lowest BCUT2D eigenvalue weighted by atomic mass is 9.92. The molecule has 2 aromatic heterocycles. The molecular weight excluding hydrogens is 773 g/mol. The van der Waals surface area contributed by atoms with E-state index in [1.165, 1.54) is 115 Å². The Balaban J connectivity index is 0.00000214. The highest BCUT2D eigenvalue weighted by Gasteiger charge is 2.16. The van der Waals surface area contributed by atoms with Gasteiger partial charge >= 0.3 is 0 Å². The summed E-state index contributed by atoms with van der Waals surface area (Å²) in [5, 5.41) is 12.8. The number of para-hydroxylation sites is 3. The predicted octanol–water partition coefficient (Wildman–Crippen LogP) is 17.4. The van der Waals surface area contributed by atoms with Crippen LogP contribution in [-0.2, 0) is 0 Å². The van der Waals surface area contributed by atoms with Gasteiger partial charge < -0.3 is 9.13 Å². The van der Waals surface area contributed by atoms with Crippen LogP contribution in [0.4, 0.5) is 0 Å². The lowest BCUT2D eigenvalue weighted by molar-refractivity contribution is 1.18. The number of aromatic nitrogens is 2. The zero-order chi connectivity index (χ0) is 42.7. The molecule has 0 saturated carbocycles. The van der Waals surface area contributed by atoms with Crippen LogP contribution in [0.3, 0.4) is 0 Å². The number of rotatable bonds is 5. The predicted molar refractivity (Wildman–Crippen MR) is 275 cm³/mol. The van der Waals surface area contributed by atoms with Crippen molar-refractivity contribution in [1.29, 1.82) is 0 Å². The molecular formula is C62H44N2. The molecule has 0 radical (unpaired) electrons. The van der Waals surface area contributed by atoms with Crippen LogP contribution in [0.25, 0.3) is 121 Å². The number of hydrogen-bond acceptors (Lipinski definition) is 0. The first kappa shape index (κ1) is 37.6. The molecule has 2 heterocycles. The molecule has 0 atom stereocenters. The largest absolute Gasteiger partial charge is 0.309 e. The summed E-state index contributed by atoms with van der Waals surface area (Å²) in [7, 11) is 0. The Bertz CT molecular complexity index is 3850. The lowest BCUT2D eigenvalue weighted by Gasteiger charge is -2.13. The molecule has 0 aliphatic heterocycles. The van der Waals surface area contributed by atoms with Crippen molar-refractivity contribution in [3.8, 4) is 44.8 Å². The third-order valence-corrected chi connectivity index (χ3v) is 13.1. The molecule has 0 spiro atoms.